The molecule has 2 heterocycles. The van der Waals surface area contributed by atoms with Gasteiger partial charge in [0.1, 0.15) is 0 Å². The van der Waals surface area contributed by atoms with Crippen molar-refractivity contribution < 1.29 is 19.5 Å². The SMILES string of the molecule is NC(=O)N1CCCC(C(=O)N2CCC(CC(=O)O)C2)C1. The fourth-order valence-corrected chi connectivity index (χ4v) is 3.08. The van der Waals surface area contributed by atoms with Crippen LogP contribution in [0.1, 0.15) is 25.7 Å². The molecule has 2 saturated heterocycles. The van der Waals surface area contributed by atoms with Crippen LogP contribution in [0.2, 0.25) is 0 Å². The number of hydrogen-bond acceptors (Lipinski definition) is 3. The van der Waals surface area contributed by atoms with Crippen LogP contribution < -0.4 is 5.73 Å². The van der Waals surface area contributed by atoms with Crippen molar-refractivity contribution in [2.24, 2.45) is 17.6 Å². The first-order valence-corrected chi connectivity index (χ1v) is 7.02. The lowest BCUT2D eigenvalue weighted by Crippen LogP contribution is -2.48. The molecule has 3 amide bonds. The highest BCUT2D eigenvalue weighted by molar-refractivity contribution is 5.81. The molecule has 0 aromatic carbocycles. The largest absolute Gasteiger partial charge is 0.481 e. The number of hydrogen-bond donors (Lipinski definition) is 2. The minimum Gasteiger partial charge on any atom is -0.481 e. The second kappa shape index (κ2) is 6.11. The maximum Gasteiger partial charge on any atom is 0.314 e. The third-order valence-electron chi connectivity index (χ3n) is 4.14. The van der Waals surface area contributed by atoms with Crippen molar-refractivity contribution in [1.29, 1.82) is 0 Å². The molecule has 2 aliphatic rings. The molecule has 20 heavy (non-hydrogen) atoms. The molecule has 0 aromatic heterocycles. The van der Waals surface area contributed by atoms with Gasteiger partial charge in [0.15, 0.2) is 0 Å². The van der Waals surface area contributed by atoms with Crippen molar-refractivity contribution in [2.75, 3.05) is 26.2 Å². The van der Waals surface area contributed by atoms with Crippen molar-refractivity contribution >= 4 is 17.9 Å². The lowest BCUT2D eigenvalue weighted by molar-refractivity contribution is -0.139. The van der Waals surface area contributed by atoms with Gasteiger partial charge in [0, 0.05) is 32.6 Å². The topological polar surface area (TPSA) is 104 Å². The van der Waals surface area contributed by atoms with E-state index < -0.39 is 12.0 Å². The van der Waals surface area contributed by atoms with Crippen LogP contribution in [-0.4, -0.2) is 59.0 Å². The van der Waals surface area contributed by atoms with Crippen molar-refractivity contribution in [3.63, 3.8) is 0 Å². The zero-order chi connectivity index (χ0) is 14.7. The summed E-state index contributed by atoms with van der Waals surface area (Å²) < 4.78 is 0. The molecule has 0 bridgehead atoms. The molecule has 2 rings (SSSR count). The van der Waals surface area contributed by atoms with Gasteiger partial charge in [0.2, 0.25) is 5.91 Å². The Morgan fingerprint density at radius 2 is 1.85 bits per heavy atom. The van der Waals surface area contributed by atoms with E-state index in [1.54, 1.807) is 4.90 Å². The minimum atomic E-state index is -0.818. The van der Waals surface area contributed by atoms with E-state index in [4.69, 9.17) is 10.8 Å². The maximum atomic E-state index is 12.4. The average Bonchev–Trinajstić information content (AvgIpc) is 2.85. The average molecular weight is 283 g/mol. The summed E-state index contributed by atoms with van der Waals surface area (Å²) in [5.41, 5.74) is 5.26. The van der Waals surface area contributed by atoms with E-state index >= 15 is 0 Å². The number of carbonyl (C=O) groups excluding carboxylic acids is 2. The quantitative estimate of drug-likeness (QED) is 0.766. The number of aliphatic carboxylic acids is 1. The van der Waals surface area contributed by atoms with Gasteiger partial charge in [0.25, 0.3) is 0 Å². The van der Waals surface area contributed by atoms with Crippen LogP contribution in [0.25, 0.3) is 0 Å². The summed E-state index contributed by atoms with van der Waals surface area (Å²) in [6.07, 6.45) is 2.40. The first kappa shape index (κ1) is 14.6. The Morgan fingerprint density at radius 1 is 1.10 bits per heavy atom. The summed E-state index contributed by atoms with van der Waals surface area (Å²) in [6.45, 7) is 2.12. The van der Waals surface area contributed by atoms with Crippen LogP contribution in [0, 0.1) is 11.8 Å². The van der Waals surface area contributed by atoms with E-state index in [2.05, 4.69) is 0 Å². The van der Waals surface area contributed by atoms with Crippen LogP contribution in [0.15, 0.2) is 0 Å². The summed E-state index contributed by atoms with van der Waals surface area (Å²) in [6, 6.07) is -0.479. The summed E-state index contributed by atoms with van der Waals surface area (Å²) in [5, 5.41) is 8.78. The van der Waals surface area contributed by atoms with Crippen LogP contribution in [-0.2, 0) is 9.59 Å². The fourth-order valence-electron chi connectivity index (χ4n) is 3.08. The van der Waals surface area contributed by atoms with Gasteiger partial charge in [0.05, 0.1) is 5.92 Å². The number of piperidine rings is 1. The van der Waals surface area contributed by atoms with Gasteiger partial charge in [-0.2, -0.15) is 0 Å². The molecule has 0 saturated carbocycles. The standard InChI is InChI=1S/C13H21N3O4/c14-13(20)16-4-1-2-10(8-16)12(19)15-5-3-9(7-15)6-11(17)18/h9-10H,1-8H2,(H2,14,20)(H,17,18). The van der Waals surface area contributed by atoms with Gasteiger partial charge in [-0.15, -0.1) is 0 Å². The molecule has 112 valence electrons. The van der Waals surface area contributed by atoms with Crippen molar-refractivity contribution in [2.45, 2.75) is 25.7 Å². The number of rotatable bonds is 3. The zero-order valence-electron chi connectivity index (χ0n) is 11.5. The molecule has 2 fully saturated rings. The Labute approximate surface area is 117 Å². The molecule has 2 unspecified atom stereocenters. The predicted octanol–water partition coefficient (Wildman–Crippen LogP) is 0.100. The van der Waals surface area contributed by atoms with Crippen LogP contribution in [0.4, 0.5) is 4.79 Å². The molecule has 0 aliphatic carbocycles. The first-order valence-electron chi connectivity index (χ1n) is 7.02. The second-order valence-corrected chi connectivity index (χ2v) is 5.66. The van der Waals surface area contributed by atoms with Crippen molar-refractivity contribution in [3.05, 3.63) is 0 Å². The molecule has 0 aromatic rings. The number of likely N-dealkylation sites (tertiary alicyclic amines) is 2. The highest BCUT2D eigenvalue weighted by Gasteiger charge is 2.34. The van der Waals surface area contributed by atoms with Gasteiger partial charge in [-0.05, 0) is 25.2 Å². The number of carboxylic acid groups (broad SMARTS) is 1. The normalized spacial score (nSPS) is 26.6. The molecule has 2 aliphatic heterocycles. The first-order chi connectivity index (χ1) is 9.47. The van der Waals surface area contributed by atoms with E-state index in [0.717, 1.165) is 19.3 Å². The lowest BCUT2D eigenvalue weighted by Gasteiger charge is -2.33. The van der Waals surface area contributed by atoms with E-state index in [0.29, 0.717) is 26.2 Å². The number of primary amides is 1. The Morgan fingerprint density at radius 3 is 2.50 bits per heavy atom. The van der Waals surface area contributed by atoms with Gasteiger partial charge in [-0.25, -0.2) is 4.79 Å². The fraction of sp³-hybridized carbons (Fsp3) is 0.769. The second-order valence-electron chi connectivity index (χ2n) is 5.66. The molecule has 7 nitrogen and oxygen atoms in total. The molecular weight excluding hydrogens is 262 g/mol. The molecular formula is C13H21N3O4. The molecule has 2 atom stereocenters. The van der Waals surface area contributed by atoms with E-state index in [-0.39, 0.29) is 24.2 Å². The third-order valence-corrected chi connectivity index (χ3v) is 4.14. The summed E-state index contributed by atoms with van der Waals surface area (Å²) in [5.74, 6) is -0.933. The number of urea groups is 1. The Kier molecular flexibility index (Phi) is 4.46. The van der Waals surface area contributed by atoms with E-state index in [1.165, 1.54) is 4.90 Å². The monoisotopic (exact) mass is 283 g/mol. The number of nitrogens with two attached hydrogens (primary N) is 1. The molecule has 3 N–H and O–H groups in total. The highest BCUT2D eigenvalue weighted by Crippen LogP contribution is 2.24. The number of carboxylic acids is 1. The van der Waals surface area contributed by atoms with Gasteiger partial charge in [-0.3, -0.25) is 9.59 Å². The minimum absolute atomic E-state index is 0.0313. The predicted molar refractivity (Wildman–Crippen MR) is 70.8 cm³/mol. The van der Waals surface area contributed by atoms with Crippen LogP contribution in [0.3, 0.4) is 0 Å². The van der Waals surface area contributed by atoms with Crippen molar-refractivity contribution in [1.82, 2.24) is 9.80 Å². The number of carbonyl (C=O) groups is 3. The van der Waals surface area contributed by atoms with Gasteiger partial charge in [-0.1, -0.05) is 0 Å². The maximum absolute atomic E-state index is 12.4. The highest BCUT2D eigenvalue weighted by atomic mass is 16.4. The van der Waals surface area contributed by atoms with Crippen LogP contribution in [0.5, 0.6) is 0 Å². The molecule has 0 radical (unpaired) electrons. The smallest absolute Gasteiger partial charge is 0.314 e. The van der Waals surface area contributed by atoms with E-state index in [9.17, 15) is 14.4 Å². The van der Waals surface area contributed by atoms with Crippen LogP contribution >= 0.6 is 0 Å². The Hall–Kier alpha value is -1.79. The Bertz CT molecular complexity index is 412. The number of amides is 3. The molecule has 7 heteroatoms. The van der Waals surface area contributed by atoms with E-state index in [1.807, 2.05) is 0 Å². The third kappa shape index (κ3) is 3.40. The lowest BCUT2D eigenvalue weighted by atomic mass is 9.97. The summed E-state index contributed by atoms with van der Waals surface area (Å²) in [4.78, 5) is 37.5. The summed E-state index contributed by atoms with van der Waals surface area (Å²) in [7, 11) is 0. The zero-order valence-corrected chi connectivity index (χ0v) is 11.5. The van der Waals surface area contributed by atoms with Gasteiger partial charge < -0.3 is 20.6 Å². The van der Waals surface area contributed by atoms with Crippen molar-refractivity contribution in [3.8, 4) is 0 Å². The Balaban J connectivity index is 1.88. The number of nitrogens with zero attached hydrogens (tertiary/aromatic N) is 2. The summed E-state index contributed by atoms with van der Waals surface area (Å²) >= 11 is 0. The molecule has 0 spiro atoms. The van der Waals surface area contributed by atoms with Gasteiger partial charge >= 0.3 is 12.0 Å².